The van der Waals surface area contributed by atoms with Crippen molar-refractivity contribution in [3.8, 4) is 11.1 Å². The van der Waals surface area contributed by atoms with Crippen LogP contribution in [0.4, 0.5) is 0 Å². The van der Waals surface area contributed by atoms with Crippen LogP contribution < -0.4 is 0 Å². The lowest BCUT2D eigenvalue weighted by Crippen LogP contribution is -2.11. The monoisotopic (exact) mass is 366 g/mol. The summed E-state index contributed by atoms with van der Waals surface area (Å²) in [6.07, 6.45) is 6.37. The molecule has 136 valence electrons. The largest absolute Gasteiger partial charge is 0.392 e. The Balaban J connectivity index is 1.79. The van der Waals surface area contributed by atoms with Crippen LogP contribution in [0.25, 0.3) is 11.1 Å². The molecular formula is C24H27ClO. The fourth-order valence-electron chi connectivity index (χ4n) is 3.77. The molecule has 3 rings (SSSR count). The lowest BCUT2D eigenvalue weighted by molar-refractivity contribution is 0.318. The molecule has 2 aromatic carbocycles. The number of aliphatic hydroxyl groups excluding tert-OH is 1. The highest BCUT2D eigenvalue weighted by molar-refractivity contribution is 6.32. The molecule has 0 spiro atoms. The maximum Gasteiger partial charge on any atom is 0.0665 e. The summed E-state index contributed by atoms with van der Waals surface area (Å²) in [5, 5.41) is 10.5. The van der Waals surface area contributed by atoms with Crippen LogP contribution >= 0.6 is 11.6 Å². The molecule has 0 aliphatic heterocycles. The van der Waals surface area contributed by atoms with E-state index < -0.39 is 0 Å². The van der Waals surface area contributed by atoms with E-state index in [-0.39, 0.29) is 12.5 Å². The summed E-state index contributed by atoms with van der Waals surface area (Å²) >= 11 is 6.38. The van der Waals surface area contributed by atoms with E-state index in [0.29, 0.717) is 0 Å². The van der Waals surface area contributed by atoms with Crippen molar-refractivity contribution in [2.75, 3.05) is 6.61 Å². The zero-order chi connectivity index (χ0) is 18.5. The number of allylic oxidation sites excluding steroid dienone is 3. The first kappa shape index (κ1) is 18.9. The van der Waals surface area contributed by atoms with Crippen molar-refractivity contribution in [3.63, 3.8) is 0 Å². The Bertz CT molecular complexity index is 814. The van der Waals surface area contributed by atoms with Gasteiger partial charge in [-0.3, -0.25) is 0 Å². The standard InChI is InChI=1S/C24H27ClO/c1-3-4-8-20-15-24(25)23(16-26)22(20)14-18-10-12-19(13-11-18)21-9-6-5-7-17(21)2/h5-7,9-13,15,22,26H,3-4,8,14,16H2,1-2H3. The molecule has 1 unspecified atom stereocenters. The maximum absolute atomic E-state index is 9.78. The van der Waals surface area contributed by atoms with Gasteiger partial charge < -0.3 is 5.11 Å². The van der Waals surface area contributed by atoms with Crippen molar-refractivity contribution >= 4 is 11.6 Å². The van der Waals surface area contributed by atoms with Crippen LogP contribution in [0.5, 0.6) is 0 Å². The third-order valence-corrected chi connectivity index (χ3v) is 5.68. The van der Waals surface area contributed by atoms with Gasteiger partial charge in [0.05, 0.1) is 6.61 Å². The fourth-order valence-corrected chi connectivity index (χ4v) is 4.10. The van der Waals surface area contributed by atoms with Gasteiger partial charge in [-0.25, -0.2) is 0 Å². The van der Waals surface area contributed by atoms with Crippen LogP contribution in [0, 0.1) is 12.8 Å². The van der Waals surface area contributed by atoms with E-state index in [1.807, 2.05) is 0 Å². The zero-order valence-corrected chi connectivity index (χ0v) is 16.4. The lowest BCUT2D eigenvalue weighted by atomic mass is 9.86. The van der Waals surface area contributed by atoms with Gasteiger partial charge in [0.25, 0.3) is 0 Å². The highest BCUT2D eigenvalue weighted by Gasteiger charge is 2.26. The first-order valence-electron chi connectivity index (χ1n) is 9.48. The molecule has 0 saturated carbocycles. The summed E-state index contributed by atoms with van der Waals surface area (Å²) in [6, 6.07) is 17.3. The number of halogens is 1. The van der Waals surface area contributed by atoms with Crippen LogP contribution in [0.3, 0.4) is 0 Å². The van der Waals surface area contributed by atoms with Gasteiger partial charge in [0, 0.05) is 11.0 Å². The van der Waals surface area contributed by atoms with Crippen molar-refractivity contribution in [3.05, 3.63) is 81.9 Å². The van der Waals surface area contributed by atoms with Crippen LogP contribution in [-0.4, -0.2) is 11.7 Å². The molecule has 1 aliphatic rings. The average molecular weight is 367 g/mol. The maximum atomic E-state index is 9.78. The Morgan fingerprint density at radius 3 is 2.42 bits per heavy atom. The molecule has 0 aromatic heterocycles. The van der Waals surface area contributed by atoms with E-state index in [9.17, 15) is 5.11 Å². The van der Waals surface area contributed by atoms with Crippen LogP contribution in [0.1, 0.15) is 37.3 Å². The summed E-state index contributed by atoms with van der Waals surface area (Å²) in [5.41, 5.74) is 7.44. The van der Waals surface area contributed by atoms with E-state index in [2.05, 4.69) is 68.5 Å². The number of hydrogen-bond donors (Lipinski definition) is 1. The molecule has 0 radical (unpaired) electrons. The van der Waals surface area contributed by atoms with E-state index in [4.69, 9.17) is 11.6 Å². The summed E-state index contributed by atoms with van der Waals surface area (Å²) in [6.45, 7) is 4.39. The van der Waals surface area contributed by atoms with E-state index >= 15 is 0 Å². The topological polar surface area (TPSA) is 20.2 Å². The summed E-state index contributed by atoms with van der Waals surface area (Å²) in [4.78, 5) is 0. The molecule has 26 heavy (non-hydrogen) atoms. The number of aliphatic hydroxyl groups is 1. The predicted octanol–water partition coefficient (Wildman–Crippen LogP) is 6.44. The van der Waals surface area contributed by atoms with Crippen molar-refractivity contribution in [1.82, 2.24) is 0 Å². The normalized spacial score (nSPS) is 16.9. The summed E-state index contributed by atoms with van der Waals surface area (Å²) in [5.74, 6) is 0.239. The highest BCUT2D eigenvalue weighted by atomic mass is 35.5. The second kappa shape index (κ2) is 8.70. The molecular weight excluding hydrogens is 340 g/mol. The Morgan fingerprint density at radius 2 is 1.77 bits per heavy atom. The van der Waals surface area contributed by atoms with Crippen LogP contribution in [0.2, 0.25) is 0 Å². The molecule has 1 nitrogen and oxygen atoms in total. The van der Waals surface area contributed by atoms with E-state index in [1.54, 1.807) is 0 Å². The quantitative estimate of drug-likeness (QED) is 0.598. The minimum Gasteiger partial charge on any atom is -0.392 e. The van der Waals surface area contributed by atoms with Crippen LogP contribution in [0.15, 0.2) is 70.8 Å². The highest BCUT2D eigenvalue weighted by Crippen LogP contribution is 2.38. The molecule has 1 aliphatic carbocycles. The molecule has 0 heterocycles. The molecule has 2 heteroatoms. The third-order valence-electron chi connectivity index (χ3n) is 5.33. The van der Waals surface area contributed by atoms with Gasteiger partial charge in [-0.15, -0.1) is 0 Å². The Hall–Kier alpha value is -1.83. The number of rotatable bonds is 7. The van der Waals surface area contributed by atoms with Gasteiger partial charge in [0.1, 0.15) is 0 Å². The van der Waals surface area contributed by atoms with Gasteiger partial charge in [-0.05, 0) is 60.1 Å². The number of benzene rings is 2. The van der Waals surface area contributed by atoms with Gasteiger partial charge in [0.2, 0.25) is 0 Å². The number of aryl methyl sites for hydroxylation is 1. The SMILES string of the molecule is CCCCC1=CC(Cl)=C(CO)C1Cc1ccc(-c2ccccc2C)cc1. The molecule has 1 N–H and O–H groups in total. The van der Waals surface area contributed by atoms with E-state index in [1.165, 1.54) is 34.2 Å². The van der Waals surface area contributed by atoms with Crippen LogP contribution in [-0.2, 0) is 6.42 Å². The van der Waals surface area contributed by atoms with Crippen molar-refractivity contribution in [2.45, 2.75) is 39.5 Å². The zero-order valence-electron chi connectivity index (χ0n) is 15.6. The van der Waals surface area contributed by atoms with Crippen molar-refractivity contribution in [1.29, 1.82) is 0 Å². The van der Waals surface area contributed by atoms with Crippen molar-refractivity contribution < 1.29 is 5.11 Å². The van der Waals surface area contributed by atoms with Gasteiger partial charge >= 0.3 is 0 Å². The molecule has 0 saturated heterocycles. The first-order chi connectivity index (χ1) is 12.6. The second-order valence-electron chi connectivity index (χ2n) is 7.12. The van der Waals surface area contributed by atoms with Gasteiger partial charge in [0.15, 0.2) is 0 Å². The first-order valence-corrected chi connectivity index (χ1v) is 9.86. The fraction of sp³-hybridized carbons (Fsp3) is 0.333. The molecule has 0 amide bonds. The second-order valence-corrected chi connectivity index (χ2v) is 7.53. The molecule has 0 bridgehead atoms. The Kier molecular flexibility index (Phi) is 6.34. The molecule has 1 atom stereocenters. The average Bonchev–Trinajstić information content (AvgIpc) is 2.95. The smallest absolute Gasteiger partial charge is 0.0665 e. The number of hydrogen-bond acceptors (Lipinski definition) is 1. The summed E-state index contributed by atoms with van der Waals surface area (Å²) < 4.78 is 0. The minimum atomic E-state index is 0.0386. The van der Waals surface area contributed by atoms with E-state index in [0.717, 1.165) is 29.9 Å². The molecule has 0 fully saturated rings. The van der Waals surface area contributed by atoms with Gasteiger partial charge in [-0.1, -0.05) is 79.0 Å². The third kappa shape index (κ3) is 4.11. The lowest BCUT2D eigenvalue weighted by Gasteiger charge is -2.19. The Morgan fingerprint density at radius 1 is 1.04 bits per heavy atom. The van der Waals surface area contributed by atoms with Crippen molar-refractivity contribution in [2.24, 2.45) is 5.92 Å². The summed E-state index contributed by atoms with van der Waals surface area (Å²) in [7, 11) is 0. The number of unbranched alkanes of at least 4 members (excludes halogenated alkanes) is 1. The molecule has 2 aromatic rings. The minimum absolute atomic E-state index is 0.0386. The predicted molar refractivity (Wildman–Crippen MR) is 111 cm³/mol. The Labute approximate surface area is 162 Å². The van der Waals surface area contributed by atoms with Gasteiger partial charge in [-0.2, -0.15) is 0 Å².